The van der Waals surface area contributed by atoms with E-state index in [1.165, 1.54) is 66.0 Å². The van der Waals surface area contributed by atoms with E-state index in [0.29, 0.717) is 12.0 Å². The number of piperidine rings is 1. The summed E-state index contributed by atoms with van der Waals surface area (Å²) in [6.07, 6.45) is 25.3. The molecule has 6 heterocycles. The number of hydrogen-bond acceptors (Lipinski definition) is 4. The summed E-state index contributed by atoms with van der Waals surface area (Å²) in [5, 5.41) is 15.9. The van der Waals surface area contributed by atoms with Crippen molar-refractivity contribution in [1.82, 2.24) is 19.4 Å². The quantitative estimate of drug-likeness (QED) is 0.293. The fraction of sp³-hybridized carbons (Fsp3) is 0.585. The number of para-hydroxylation sites is 1. The van der Waals surface area contributed by atoms with E-state index < -0.39 is 5.60 Å². The van der Waals surface area contributed by atoms with Crippen LogP contribution in [0.3, 0.4) is 0 Å². The van der Waals surface area contributed by atoms with Gasteiger partial charge >= 0.3 is 0 Å². The second kappa shape index (κ2) is 11.8. The number of rotatable bonds is 2. The maximum absolute atomic E-state index is 13.3. The lowest BCUT2D eigenvalue weighted by molar-refractivity contribution is -0.0894. The first kappa shape index (κ1) is 30.6. The van der Waals surface area contributed by atoms with Gasteiger partial charge in [-0.3, -0.25) is 9.88 Å². The molecule has 0 saturated carbocycles. The predicted octanol–water partition coefficient (Wildman–Crippen LogP) is 8.38. The van der Waals surface area contributed by atoms with Gasteiger partial charge in [-0.2, -0.15) is 0 Å². The first-order chi connectivity index (χ1) is 22.3. The molecule has 3 bridgehead atoms. The third-order valence-electron chi connectivity index (χ3n) is 12.0. The Morgan fingerprint density at radius 3 is 2.59 bits per heavy atom. The molecule has 5 heteroatoms. The molecule has 0 amide bonds. The average Bonchev–Trinajstić information content (AvgIpc) is 3.49. The van der Waals surface area contributed by atoms with E-state index in [2.05, 4.69) is 95.9 Å². The highest BCUT2D eigenvalue weighted by molar-refractivity contribution is 6.10. The van der Waals surface area contributed by atoms with Crippen LogP contribution in [0.4, 0.5) is 0 Å². The van der Waals surface area contributed by atoms with Crippen molar-refractivity contribution in [3.8, 4) is 0 Å². The zero-order valence-corrected chi connectivity index (χ0v) is 28.4. The molecular weight excluding hydrogens is 564 g/mol. The second-order valence-corrected chi connectivity index (χ2v) is 16.5. The summed E-state index contributed by atoms with van der Waals surface area (Å²) in [5.41, 5.74) is 4.15. The molecule has 1 unspecified atom stereocenters. The lowest BCUT2D eigenvalue weighted by atomic mass is 9.54. The first-order valence-electron chi connectivity index (χ1n) is 18.4. The molecule has 46 heavy (non-hydrogen) atoms. The van der Waals surface area contributed by atoms with Crippen LogP contribution in [-0.4, -0.2) is 68.3 Å². The Kier molecular flexibility index (Phi) is 7.82. The highest BCUT2D eigenvalue weighted by atomic mass is 16.3. The standard InChI is InChI=1S/C41H54N4O/c1-39(2,3)28-45-35-18-12-11-17-31(35)32-19-22-42-36(37(32)45)33-27-41(46)21-13-7-4-5-8-14-23-43-25-20-34(33)40(29-43)26-30-16-10-6-9-15-24-44(30)38(40)41/h4,7,10-12,16-19,22,27,30,34,38,46H,5-6,8-9,13-15,20-21,23-26,28-29H2,1-3H3/b7-4-,16-10-/t30-,34-,38+,40-,41-/m0/s1. The van der Waals surface area contributed by atoms with Gasteiger partial charge in [-0.1, -0.05) is 63.3 Å². The summed E-state index contributed by atoms with van der Waals surface area (Å²) in [5.74, 6) is 0.371. The summed E-state index contributed by atoms with van der Waals surface area (Å²) in [7, 11) is 0. The van der Waals surface area contributed by atoms with Crippen LogP contribution in [0.5, 0.6) is 0 Å². The molecule has 6 atom stereocenters. The summed E-state index contributed by atoms with van der Waals surface area (Å²) < 4.78 is 2.56. The van der Waals surface area contributed by atoms with Gasteiger partial charge in [0.05, 0.1) is 22.9 Å². The number of aliphatic hydroxyl groups is 1. The summed E-state index contributed by atoms with van der Waals surface area (Å²) >= 11 is 0. The number of allylic oxidation sites excluding steroid dienone is 4. The highest BCUT2D eigenvalue weighted by Gasteiger charge is 2.65. The van der Waals surface area contributed by atoms with Gasteiger partial charge in [0.25, 0.3) is 0 Å². The lowest BCUT2D eigenvalue weighted by Gasteiger charge is -2.58. The SMILES string of the molecule is CC(C)(C)Cn1c2ccccc2c2ccnc(C3=C[C@@]4(O)CC/C=C\CCCCN5CC[C@@H]3[C@]3(C[C@@H]6/C=C\CCCCN6[C@H]34)C5)c21. The Morgan fingerprint density at radius 2 is 1.72 bits per heavy atom. The van der Waals surface area contributed by atoms with Crippen LogP contribution in [0.25, 0.3) is 27.4 Å². The fourth-order valence-corrected chi connectivity index (χ4v) is 10.4. The van der Waals surface area contributed by atoms with Crippen LogP contribution in [0, 0.1) is 16.7 Å². The third kappa shape index (κ3) is 5.13. The number of pyridine rings is 1. The monoisotopic (exact) mass is 618 g/mol. The number of benzene rings is 1. The normalized spacial score (nSPS) is 35.3. The van der Waals surface area contributed by atoms with Crippen molar-refractivity contribution in [3.63, 3.8) is 0 Å². The Bertz CT molecular complexity index is 1690. The molecule has 5 nitrogen and oxygen atoms in total. The number of fused-ring (bicyclic) bond motifs is 5. The van der Waals surface area contributed by atoms with Crippen LogP contribution < -0.4 is 0 Å². The summed E-state index contributed by atoms with van der Waals surface area (Å²) in [4.78, 5) is 10.9. The number of aromatic nitrogens is 2. The Hall–Kier alpha value is -2.73. The van der Waals surface area contributed by atoms with E-state index in [1.54, 1.807) is 0 Å². The van der Waals surface area contributed by atoms with Crippen LogP contribution >= 0.6 is 0 Å². The molecular formula is C41H54N4O. The van der Waals surface area contributed by atoms with Crippen molar-refractivity contribution >= 4 is 27.4 Å². The molecule has 0 radical (unpaired) electrons. The first-order valence-corrected chi connectivity index (χ1v) is 18.4. The zero-order valence-electron chi connectivity index (χ0n) is 28.4. The zero-order chi connectivity index (χ0) is 31.5. The van der Waals surface area contributed by atoms with Crippen LogP contribution in [0.1, 0.15) is 90.7 Å². The molecule has 2 fully saturated rings. The molecule has 244 valence electrons. The van der Waals surface area contributed by atoms with Gasteiger partial charge in [0, 0.05) is 47.0 Å². The van der Waals surface area contributed by atoms with E-state index in [1.807, 2.05) is 6.20 Å². The van der Waals surface area contributed by atoms with E-state index in [-0.39, 0.29) is 16.9 Å². The highest BCUT2D eigenvalue weighted by Crippen LogP contribution is 2.62. The van der Waals surface area contributed by atoms with Crippen LogP contribution in [0.15, 0.2) is 66.9 Å². The number of hydrogen-bond donors (Lipinski definition) is 1. The molecule has 1 N–H and O–H groups in total. The summed E-state index contributed by atoms with van der Waals surface area (Å²) in [6, 6.07) is 11.7. The average molecular weight is 619 g/mol. The van der Waals surface area contributed by atoms with Gasteiger partial charge in [-0.05, 0) is 119 Å². The van der Waals surface area contributed by atoms with Gasteiger partial charge in [-0.25, -0.2) is 0 Å². The fourth-order valence-electron chi connectivity index (χ4n) is 10.4. The van der Waals surface area contributed by atoms with Crippen molar-refractivity contribution in [2.45, 2.75) is 109 Å². The van der Waals surface area contributed by atoms with Crippen molar-refractivity contribution in [2.24, 2.45) is 16.7 Å². The minimum Gasteiger partial charge on any atom is -0.384 e. The van der Waals surface area contributed by atoms with Gasteiger partial charge in [0.15, 0.2) is 0 Å². The van der Waals surface area contributed by atoms with Gasteiger partial charge in [0.2, 0.25) is 0 Å². The Labute approximate surface area is 276 Å². The molecule has 1 aliphatic carbocycles. The molecule has 4 aliphatic heterocycles. The largest absolute Gasteiger partial charge is 0.384 e. The molecule has 3 aromatic rings. The van der Waals surface area contributed by atoms with Crippen LogP contribution in [-0.2, 0) is 6.54 Å². The van der Waals surface area contributed by atoms with Gasteiger partial charge < -0.3 is 14.6 Å². The minimum atomic E-state index is -0.917. The van der Waals surface area contributed by atoms with Crippen molar-refractivity contribution in [3.05, 3.63) is 72.6 Å². The molecule has 8 rings (SSSR count). The van der Waals surface area contributed by atoms with E-state index in [4.69, 9.17) is 4.98 Å². The lowest BCUT2D eigenvalue weighted by Crippen LogP contribution is -2.65. The molecule has 1 spiro atoms. The van der Waals surface area contributed by atoms with E-state index in [9.17, 15) is 5.11 Å². The topological polar surface area (TPSA) is 44.5 Å². The molecule has 2 aromatic heterocycles. The Balaban J connectivity index is 1.38. The van der Waals surface area contributed by atoms with Crippen LogP contribution in [0.2, 0.25) is 0 Å². The summed E-state index contributed by atoms with van der Waals surface area (Å²) in [6.45, 7) is 12.4. The molecule has 1 aromatic carbocycles. The van der Waals surface area contributed by atoms with Gasteiger partial charge in [-0.15, -0.1) is 0 Å². The minimum absolute atomic E-state index is 0.0150. The molecule has 5 aliphatic rings. The molecule has 2 saturated heterocycles. The Morgan fingerprint density at radius 1 is 0.913 bits per heavy atom. The number of nitrogens with zero attached hydrogens (tertiary/aromatic N) is 4. The van der Waals surface area contributed by atoms with E-state index in [0.717, 1.165) is 64.0 Å². The van der Waals surface area contributed by atoms with Gasteiger partial charge in [0.1, 0.15) is 0 Å². The van der Waals surface area contributed by atoms with Crippen molar-refractivity contribution in [2.75, 3.05) is 26.2 Å². The predicted molar refractivity (Wildman–Crippen MR) is 191 cm³/mol. The van der Waals surface area contributed by atoms with Crippen molar-refractivity contribution in [1.29, 1.82) is 0 Å². The maximum atomic E-state index is 13.3. The van der Waals surface area contributed by atoms with E-state index >= 15 is 0 Å². The maximum Gasteiger partial charge on any atom is 0.0998 e. The second-order valence-electron chi connectivity index (χ2n) is 16.5. The smallest absolute Gasteiger partial charge is 0.0998 e. The van der Waals surface area contributed by atoms with Crippen molar-refractivity contribution < 1.29 is 5.11 Å². The third-order valence-corrected chi connectivity index (χ3v) is 12.0.